The summed E-state index contributed by atoms with van der Waals surface area (Å²) in [4.78, 5) is 11.1. The van der Waals surface area contributed by atoms with Gasteiger partial charge < -0.3 is 9.47 Å². The number of alkyl halides is 1. The summed E-state index contributed by atoms with van der Waals surface area (Å²) >= 11 is 1.98. The van der Waals surface area contributed by atoms with E-state index in [0.717, 1.165) is 25.7 Å². The van der Waals surface area contributed by atoms with Crippen LogP contribution in [-0.4, -0.2) is 16.4 Å². The quantitative estimate of drug-likeness (QED) is 0.446. The van der Waals surface area contributed by atoms with Gasteiger partial charge in [-0.1, -0.05) is 6.42 Å². The third-order valence-electron chi connectivity index (χ3n) is 2.41. The SMILES string of the molecule is CC1(OC(=O)OCI)CCCCC1. The van der Waals surface area contributed by atoms with Gasteiger partial charge in [0.25, 0.3) is 0 Å². The average Bonchev–Trinajstić information content (AvgIpc) is 2.04. The zero-order valence-electron chi connectivity index (χ0n) is 7.85. The van der Waals surface area contributed by atoms with Gasteiger partial charge in [0.1, 0.15) is 10.2 Å². The maximum Gasteiger partial charge on any atom is 0.509 e. The Hall–Kier alpha value is 0. The van der Waals surface area contributed by atoms with Crippen molar-refractivity contribution in [3.63, 3.8) is 0 Å². The summed E-state index contributed by atoms with van der Waals surface area (Å²) in [6.45, 7) is 1.99. The van der Waals surface area contributed by atoms with Gasteiger partial charge in [0.15, 0.2) is 0 Å². The van der Waals surface area contributed by atoms with E-state index in [0.29, 0.717) is 4.61 Å². The van der Waals surface area contributed by atoms with Crippen LogP contribution in [0.5, 0.6) is 0 Å². The standard InChI is InChI=1S/C9H15IO3/c1-9(5-3-2-4-6-9)13-8(11)12-7-10/h2-7H2,1H3. The molecule has 76 valence electrons. The number of hydrogen-bond acceptors (Lipinski definition) is 3. The molecule has 0 aromatic heterocycles. The Morgan fingerprint density at radius 2 is 2.00 bits per heavy atom. The zero-order chi connectivity index (χ0) is 9.73. The Bertz CT molecular complexity index is 176. The summed E-state index contributed by atoms with van der Waals surface area (Å²) in [5, 5.41) is 0. The Labute approximate surface area is 92.3 Å². The molecule has 4 heteroatoms. The Morgan fingerprint density at radius 3 is 2.54 bits per heavy atom. The van der Waals surface area contributed by atoms with E-state index in [-0.39, 0.29) is 5.60 Å². The molecule has 1 saturated carbocycles. The largest absolute Gasteiger partial charge is 0.509 e. The molecule has 0 unspecified atom stereocenters. The monoisotopic (exact) mass is 298 g/mol. The maximum atomic E-state index is 11.1. The van der Waals surface area contributed by atoms with Crippen LogP contribution in [-0.2, 0) is 9.47 Å². The molecule has 0 radical (unpaired) electrons. The smallest absolute Gasteiger partial charge is 0.428 e. The second-order valence-electron chi connectivity index (χ2n) is 3.62. The van der Waals surface area contributed by atoms with Crippen LogP contribution in [0.25, 0.3) is 0 Å². The molecule has 1 aliphatic rings. The normalized spacial score (nSPS) is 20.8. The van der Waals surface area contributed by atoms with Crippen molar-refractivity contribution in [2.45, 2.75) is 44.6 Å². The van der Waals surface area contributed by atoms with Crippen molar-refractivity contribution in [3.8, 4) is 0 Å². The fraction of sp³-hybridized carbons (Fsp3) is 0.889. The second kappa shape index (κ2) is 5.02. The highest BCUT2D eigenvalue weighted by Gasteiger charge is 2.31. The van der Waals surface area contributed by atoms with Gasteiger partial charge in [0.2, 0.25) is 0 Å². The lowest BCUT2D eigenvalue weighted by Gasteiger charge is -2.32. The van der Waals surface area contributed by atoms with Crippen molar-refractivity contribution in [2.75, 3.05) is 4.61 Å². The van der Waals surface area contributed by atoms with Crippen molar-refractivity contribution < 1.29 is 14.3 Å². The number of ether oxygens (including phenoxy) is 2. The first-order valence-electron chi connectivity index (χ1n) is 4.58. The topological polar surface area (TPSA) is 35.5 Å². The van der Waals surface area contributed by atoms with Crippen molar-refractivity contribution in [1.29, 1.82) is 0 Å². The predicted molar refractivity (Wildman–Crippen MR) is 57.9 cm³/mol. The third-order valence-corrected chi connectivity index (χ3v) is 2.72. The number of halogens is 1. The first-order chi connectivity index (χ1) is 6.16. The highest BCUT2D eigenvalue weighted by molar-refractivity contribution is 14.1. The number of carbonyl (C=O) groups is 1. The fourth-order valence-corrected chi connectivity index (χ4v) is 1.93. The highest BCUT2D eigenvalue weighted by Crippen LogP contribution is 2.31. The van der Waals surface area contributed by atoms with E-state index in [1.165, 1.54) is 6.42 Å². The lowest BCUT2D eigenvalue weighted by molar-refractivity contribution is -0.0376. The van der Waals surface area contributed by atoms with Crippen LogP contribution in [0, 0.1) is 0 Å². The van der Waals surface area contributed by atoms with Crippen molar-refractivity contribution in [1.82, 2.24) is 0 Å². The maximum absolute atomic E-state index is 11.1. The summed E-state index contributed by atoms with van der Waals surface area (Å²) in [5.74, 6) is 0. The van der Waals surface area contributed by atoms with Crippen LogP contribution in [0.2, 0.25) is 0 Å². The molecule has 0 amide bonds. The van der Waals surface area contributed by atoms with Crippen molar-refractivity contribution in [3.05, 3.63) is 0 Å². The molecular weight excluding hydrogens is 283 g/mol. The minimum Gasteiger partial charge on any atom is -0.428 e. The van der Waals surface area contributed by atoms with Crippen LogP contribution in [0.4, 0.5) is 4.79 Å². The van der Waals surface area contributed by atoms with Crippen LogP contribution in [0.1, 0.15) is 39.0 Å². The molecule has 13 heavy (non-hydrogen) atoms. The molecule has 0 spiro atoms. The van der Waals surface area contributed by atoms with Gasteiger partial charge in [-0.3, -0.25) is 0 Å². The van der Waals surface area contributed by atoms with Gasteiger partial charge in [0, 0.05) is 0 Å². The fourth-order valence-electron chi connectivity index (χ4n) is 1.68. The molecule has 0 N–H and O–H groups in total. The van der Waals surface area contributed by atoms with Crippen LogP contribution >= 0.6 is 22.6 Å². The van der Waals surface area contributed by atoms with Gasteiger partial charge in [-0.05, 0) is 55.2 Å². The number of rotatable bonds is 2. The average molecular weight is 298 g/mol. The lowest BCUT2D eigenvalue weighted by Crippen LogP contribution is -2.34. The molecule has 1 fully saturated rings. The van der Waals surface area contributed by atoms with Crippen molar-refractivity contribution in [2.24, 2.45) is 0 Å². The van der Waals surface area contributed by atoms with E-state index >= 15 is 0 Å². The van der Waals surface area contributed by atoms with Gasteiger partial charge in [0.05, 0.1) is 0 Å². The minimum absolute atomic E-state index is 0.277. The van der Waals surface area contributed by atoms with Crippen LogP contribution in [0.3, 0.4) is 0 Å². The Balaban J connectivity index is 2.36. The molecule has 0 bridgehead atoms. The molecule has 0 aromatic rings. The van der Waals surface area contributed by atoms with E-state index in [4.69, 9.17) is 9.47 Å². The van der Waals surface area contributed by atoms with Gasteiger partial charge in [-0.2, -0.15) is 0 Å². The van der Waals surface area contributed by atoms with E-state index in [2.05, 4.69) is 0 Å². The summed E-state index contributed by atoms with van der Waals surface area (Å²) in [6, 6.07) is 0. The molecule has 3 nitrogen and oxygen atoms in total. The molecule has 0 aromatic carbocycles. The summed E-state index contributed by atoms with van der Waals surface area (Å²) < 4.78 is 10.3. The summed E-state index contributed by atoms with van der Waals surface area (Å²) in [7, 11) is 0. The van der Waals surface area contributed by atoms with Gasteiger partial charge >= 0.3 is 6.16 Å². The van der Waals surface area contributed by atoms with E-state index < -0.39 is 6.16 Å². The van der Waals surface area contributed by atoms with E-state index in [1.54, 1.807) is 0 Å². The van der Waals surface area contributed by atoms with Crippen LogP contribution < -0.4 is 0 Å². The molecular formula is C9H15IO3. The number of hydrogen-bond donors (Lipinski definition) is 0. The molecule has 0 aliphatic heterocycles. The van der Waals surface area contributed by atoms with Crippen molar-refractivity contribution >= 4 is 28.7 Å². The highest BCUT2D eigenvalue weighted by atomic mass is 127. The first-order valence-corrected chi connectivity index (χ1v) is 6.11. The van der Waals surface area contributed by atoms with E-state index in [1.807, 2.05) is 29.5 Å². The van der Waals surface area contributed by atoms with Gasteiger partial charge in [-0.25, -0.2) is 4.79 Å². The minimum atomic E-state index is -0.529. The third kappa shape index (κ3) is 3.70. The molecule has 0 heterocycles. The van der Waals surface area contributed by atoms with Crippen LogP contribution in [0.15, 0.2) is 0 Å². The Morgan fingerprint density at radius 1 is 1.38 bits per heavy atom. The zero-order valence-corrected chi connectivity index (χ0v) is 10.0. The first kappa shape index (κ1) is 11.1. The van der Waals surface area contributed by atoms with Gasteiger partial charge in [-0.15, -0.1) is 0 Å². The lowest BCUT2D eigenvalue weighted by atomic mass is 9.86. The molecule has 0 atom stereocenters. The summed E-state index contributed by atoms with van der Waals surface area (Å²) in [5.41, 5.74) is -0.277. The molecule has 0 saturated heterocycles. The second-order valence-corrected chi connectivity index (χ2v) is 4.24. The van der Waals surface area contributed by atoms with E-state index in [9.17, 15) is 4.79 Å². The molecule has 1 aliphatic carbocycles. The molecule has 1 rings (SSSR count). The summed E-state index contributed by atoms with van der Waals surface area (Å²) in [6.07, 6.45) is 4.94. The predicted octanol–water partition coefficient (Wildman–Crippen LogP) is 3.25. The number of carbonyl (C=O) groups excluding carboxylic acids is 1. The Kier molecular flexibility index (Phi) is 4.28.